The molecular weight excluding hydrogens is 394 g/mol. The highest BCUT2D eigenvalue weighted by Gasteiger charge is 2.72. The van der Waals surface area contributed by atoms with Gasteiger partial charge in [-0.1, -0.05) is 6.08 Å². The molecule has 4 rings (SSSR count). The lowest BCUT2D eigenvalue weighted by molar-refractivity contribution is -0.177. The number of nitrogen functional groups attached to an aromatic ring is 1. The van der Waals surface area contributed by atoms with Gasteiger partial charge in [0.2, 0.25) is 0 Å². The van der Waals surface area contributed by atoms with E-state index in [1.165, 1.54) is 6.33 Å². The van der Waals surface area contributed by atoms with Gasteiger partial charge in [-0.2, -0.15) is 0 Å². The maximum atomic E-state index is 12.2. The highest BCUT2D eigenvalue weighted by atomic mass is 16.6. The Morgan fingerprint density at radius 3 is 2.63 bits per heavy atom. The summed E-state index contributed by atoms with van der Waals surface area (Å²) in [6.07, 6.45) is 2.43. The Morgan fingerprint density at radius 1 is 1.33 bits per heavy atom. The molecule has 3 heterocycles. The van der Waals surface area contributed by atoms with Gasteiger partial charge >= 0.3 is 11.9 Å². The fraction of sp³-hybridized carbons (Fsp3) is 0.526. The Labute approximate surface area is 172 Å². The molecule has 0 radical (unpaired) electrons. The van der Waals surface area contributed by atoms with Gasteiger partial charge in [-0.3, -0.25) is 4.57 Å². The average molecular weight is 417 g/mol. The van der Waals surface area contributed by atoms with E-state index >= 15 is 0 Å². The van der Waals surface area contributed by atoms with E-state index in [-0.39, 0.29) is 31.4 Å². The van der Waals surface area contributed by atoms with Crippen molar-refractivity contribution < 1.29 is 28.5 Å². The molecule has 2 fully saturated rings. The van der Waals surface area contributed by atoms with Gasteiger partial charge in [0.25, 0.3) is 6.10 Å². The molecule has 11 nitrogen and oxygen atoms in total. The van der Waals surface area contributed by atoms with Crippen LogP contribution in [0.2, 0.25) is 0 Å². The van der Waals surface area contributed by atoms with Gasteiger partial charge < -0.3 is 24.7 Å². The van der Waals surface area contributed by atoms with Crippen LogP contribution < -0.4 is 5.73 Å². The molecular formula is C19H23N5O6. The smallest absolute Gasteiger partial charge is 0.347 e. The summed E-state index contributed by atoms with van der Waals surface area (Å²) in [5, 5.41) is 0. The molecule has 0 bridgehead atoms. The second kappa shape index (κ2) is 7.65. The van der Waals surface area contributed by atoms with Crippen molar-refractivity contribution in [3.63, 3.8) is 0 Å². The van der Waals surface area contributed by atoms with Gasteiger partial charge in [0.1, 0.15) is 18.1 Å². The molecule has 160 valence electrons. The quantitative estimate of drug-likeness (QED) is 0.372. The third-order valence-corrected chi connectivity index (χ3v) is 5.42. The van der Waals surface area contributed by atoms with Crippen molar-refractivity contribution in [1.29, 1.82) is 0 Å². The molecule has 2 aromatic rings. The molecule has 1 saturated heterocycles. The number of nitrogens with zero attached hydrogens (tertiary/aromatic N) is 4. The number of rotatable bonds is 8. The monoisotopic (exact) mass is 417 g/mol. The highest BCUT2D eigenvalue weighted by molar-refractivity contribution is 5.98. The molecule has 30 heavy (non-hydrogen) atoms. The molecule has 2 aliphatic rings. The lowest BCUT2D eigenvalue weighted by atomic mass is 10.0. The Balaban J connectivity index is 1.51. The van der Waals surface area contributed by atoms with Crippen molar-refractivity contribution in [1.82, 2.24) is 19.5 Å². The van der Waals surface area contributed by atoms with E-state index in [4.69, 9.17) is 24.7 Å². The predicted molar refractivity (Wildman–Crippen MR) is 103 cm³/mol. The van der Waals surface area contributed by atoms with E-state index in [2.05, 4.69) is 21.5 Å². The zero-order valence-electron chi connectivity index (χ0n) is 16.7. The zero-order chi connectivity index (χ0) is 21.5. The minimum atomic E-state index is -1.47. The Hall–Kier alpha value is -3.05. The number of ether oxygens (including phenoxy) is 4. The third kappa shape index (κ3) is 3.10. The first-order valence-electron chi connectivity index (χ1n) is 9.67. The van der Waals surface area contributed by atoms with Crippen LogP contribution in [0.15, 0.2) is 25.3 Å². The number of hydrogen-bond acceptors (Lipinski definition) is 10. The first-order valence-corrected chi connectivity index (χ1v) is 9.67. The summed E-state index contributed by atoms with van der Waals surface area (Å²) in [7, 11) is 0. The van der Waals surface area contributed by atoms with Gasteiger partial charge in [0.05, 0.1) is 37.2 Å². The maximum absolute atomic E-state index is 12.2. The Kier molecular flexibility index (Phi) is 5.16. The third-order valence-electron chi connectivity index (χ3n) is 5.42. The summed E-state index contributed by atoms with van der Waals surface area (Å²) < 4.78 is 23.6. The van der Waals surface area contributed by atoms with Crippen molar-refractivity contribution in [3.05, 3.63) is 25.3 Å². The molecule has 0 spiro atoms. The number of nitrogens with two attached hydrogens (primary N) is 1. The first kappa shape index (κ1) is 20.2. The molecule has 0 aromatic carbocycles. The minimum absolute atomic E-state index is 0.121. The van der Waals surface area contributed by atoms with E-state index < -0.39 is 29.6 Å². The van der Waals surface area contributed by atoms with Crippen LogP contribution in [-0.2, 0) is 28.5 Å². The molecule has 2 aromatic heterocycles. The topological polar surface area (TPSA) is 141 Å². The van der Waals surface area contributed by atoms with Crippen LogP contribution in [-0.4, -0.2) is 63.0 Å². The number of fused-ring (bicyclic) bond motifs is 2. The summed E-state index contributed by atoms with van der Waals surface area (Å²) in [4.78, 5) is 36.9. The van der Waals surface area contributed by atoms with Crippen LogP contribution >= 0.6 is 0 Å². The SMILES string of the molecule is C=C[C@@]12C[C@H](n3cnc4c(N)ncnc43)O[C@@H]1C2OC(C(=O)OCC)C(=O)OCC. The summed E-state index contributed by atoms with van der Waals surface area (Å²) in [5.74, 6) is -1.29. The molecule has 4 atom stereocenters. The minimum Gasteiger partial charge on any atom is -0.464 e. The molecule has 1 saturated carbocycles. The number of carbonyl (C=O) groups excluding carboxylic acids is 2. The Bertz CT molecular complexity index is 975. The van der Waals surface area contributed by atoms with Crippen molar-refractivity contribution in [2.24, 2.45) is 5.41 Å². The van der Waals surface area contributed by atoms with E-state index in [0.717, 1.165) is 0 Å². The van der Waals surface area contributed by atoms with Crippen molar-refractivity contribution in [2.75, 3.05) is 18.9 Å². The van der Waals surface area contributed by atoms with Crippen LogP contribution in [0.25, 0.3) is 11.2 Å². The van der Waals surface area contributed by atoms with Gasteiger partial charge in [-0.05, 0) is 13.8 Å². The number of carbonyl (C=O) groups is 2. The van der Waals surface area contributed by atoms with Gasteiger partial charge in [0, 0.05) is 6.42 Å². The maximum Gasteiger partial charge on any atom is 0.347 e. The number of hydrogen-bond donors (Lipinski definition) is 1. The summed E-state index contributed by atoms with van der Waals surface area (Å²) in [5.41, 5.74) is 6.34. The predicted octanol–water partition coefficient (Wildman–Crippen LogP) is 0.762. The molecule has 2 N–H and O–H groups in total. The lowest BCUT2D eigenvalue weighted by Gasteiger charge is -2.21. The van der Waals surface area contributed by atoms with Crippen molar-refractivity contribution >= 4 is 28.9 Å². The average Bonchev–Trinajstić information content (AvgIpc) is 3.05. The number of aromatic nitrogens is 4. The summed E-state index contributed by atoms with van der Waals surface area (Å²) in [6.45, 7) is 7.45. The highest BCUT2D eigenvalue weighted by Crippen LogP contribution is 2.63. The van der Waals surface area contributed by atoms with Crippen molar-refractivity contribution in [3.8, 4) is 0 Å². The van der Waals surface area contributed by atoms with Crippen LogP contribution in [0.4, 0.5) is 5.82 Å². The van der Waals surface area contributed by atoms with E-state index in [0.29, 0.717) is 17.6 Å². The van der Waals surface area contributed by atoms with Crippen LogP contribution in [0.3, 0.4) is 0 Å². The standard InChI is InChI=1S/C19H23N5O6/c1-4-19-7-10(24-9-23-11-15(20)21-8-22-16(11)24)29-13(19)14(19)30-12(17(25)27-5-2)18(26)28-6-3/h4,8-10,12-14H,1,5-7H2,2-3H3,(H2,20,21,22)/t10-,13-,14?,19-/m1/s1. The lowest BCUT2D eigenvalue weighted by Crippen LogP contribution is -2.38. The van der Waals surface area contributed by atoms with Crippen LogP contribution in [0.1, 0.15) is 26.5 Å². The number of imidazole rings is 1. The Morgan fingerprint density at radius 2 is 2.03 bits per heavy atom. The number of esters is 2. The molecule has 1 aliphatic carbocycles. The van der Waals surface area contributed by atoms with Gasteiger partial charge in [-0.25, -0.2) is 24.5 Å². The summed E-state index contributed by atoms with van der Waals surface area (Å²) >= 11 is 0. The van der Waals surface area contributed by atoms with Crippen molar-refractivity contribution in [2.45, 2.75) is 44.8 Å². The number of anilines is 1. The van der Waals surface area contributed by atoms with Gasteiger partial charge in [0.15, 0.2) is 11.5 Å². The molecule has 0 amide bonds. The van der Waals surface area contributed by atoms with Gasteiger partial charge in [-0.15, -0.1) is 6.58 Å². The van der Waals surface area contributed by atoms with E-state index in [9.17, 15) is 9.59 Å². The molecule has 11 heteroatoms. The van der Waals surface area contributed by atoms with Crippen LogP contribution in [0.5, 0.6) is 0 Å². The molecule has 1 aliphatic heterocycles. The fourth-order valence-electron chi connectivity index (χ4n) is 3.89. The fourth-order valence-corrected chi connectivity index (χ4v) is 3.89. The van der Waals surface area contributed by atoms with Crippen LogP contribution in [0, 0.1) is 5.41 Å². The van der Waals surface area contributed by atoms with E-state index in [1.54, 1.807) is 30.8 Å². The van der Waals surface area contributed by atoms with E-state index in [1.807, 2.05) is 0 Å². The second-order valence-electron chi connectivity index (χ2n) is 7.06. The largest absolute Gasteiger partial charge is 0.464 e. The first-order chi connectivity index (χ1) is 14.5. The summed E-state index contributed by atoms with van der Waals surface area (Å²) in [6, 6.07) is 0. The zero-order valence-corrected chi connectivity index (χ0v) is 16.7. The second-order valence-corrected chi connectivity index (χ2v) is 7.06. The normalized spacial score (nSPS) is 27.1. The molecule has 1 unspecified atom stereocenters.